The molecule has 2 rings (SSSR count). The minimum absolute atomic E-state index is 0.374. The van der Waals surface area contributed by atoms with Gasteiger partial charge < -0.3 is 11.5 Å². The molecule has 0 radical (unpaired) electrons. The van der Waals surface area contributed by atoms with Crippen LogP contribution in [0.2, 0.25) is 0 Å². The lowest BCUT2D eigenvalue weighted by Crippen LogP contribution is -2.25. The molecule has 2 aromatic rings. The van der Waals surface area contributed by atoms with Crippen molar-refractivity contribution in [3.8, 4) is 11.1 Å². The Hall–Kier alpha value is -2.48. The zero-order valence-electron chi connectivity index (χ0n) is 13.3. The number of halogens is 6. The van der Waals surface area contributed by atoms with Gasteiger partial charge in [-0.3, -0.25) is 0 Å². The van der Waals surface area contributed by atoms with Crippen molar-refractivity contribution in [2.75, 3.05) is 11.5 Å². The van der Waals surface area contributed by atoms with E-state index in [1.54, 1.807) is 0 Å². The molecule has 0 aliphatic carbocycles. The molecule has 0 saturated carbocycles. The van der Waals surface area contributed by atoms with Crippen molar-refractivity contribution < 1.29 is 43.2 Å². The Bertz CT molecular complexity index is 1050. The molecule has 14 heteroatoms. The minimum Gasteiger partial charge on any atom is -0.399 e. The number of alkyl halides is 6. The fraction of sp³-hybridized carbons (Fsp3) is 0.143. The molecule has 0 atom stereocenters. The van der Waals surface area contributed by atoms with Gasteiger partial charge in [-0.2, -0.15) is 26.3 Å². The molecular formula is C14H10F6N2O4S2. The van der Waals surface area contributed by atoms with Crippen molar-refractivity contribution in [1.82, 2.24) is 0 Å². The standard InChI is InChI=1S/C14H10F6N2O4S2/c15-13(16,17)27(23,24)11-5-7(21)1-3-9(11)10-4-2-8(22)6-12(10)28(25,26)14(18,19)20/h1-6H,21-22H2. The van der Waals surface area contributed by atoms with Gasteiger partial charge in [0.05, 0.1) is 9.79 Å². The second kappa shape index (κ2) is 6.55. The average molecular weight is 448 g/mol. The summed E-state index contributed by atoms with van der Waals surface area (Å²) in [6.07, 6.45) is 0. The summed E-state index contributed by atoms with van der Waals surface area (Å²) in [6.45, 7) is 0. The average Bonchev–Trinajstić information content (AvgIpc) is 2.53. The summed E-state index contributed by atoms with van der Waals surface area (Å²) in [5, 5.41) is 0. The topological polar surface area (TPSA) is 120 Å². The van der Waals surface area contributed by atoms with Crippen LogP contribution < -0.4 is 11.5 Å². The highest BCUT2D eigenvalue weighted by Crippen LogP contribution is 2.42. The second-order valence-corrected chi connectivity index (χ2v) is 9.23. The van der Waals surface area contributed by atoms with Crippen LogP contribution in [0.1, 0.15) is 0 Å². The number of hydrogen-bond donors (Lipinski definition) is 2. The van der Waals surface area contributed by atoms with Gasteiger partial charge >= 0.3 is 11.0 Å². The lowest BCUT2D eigenvalue weighted by molar-refractivity contribution is -0.0442. The molecular weight excluding hydrogens is 438 g/mol. The van der Waals surface area contributed by atoms with Crippen LogP contribution in [0.25, 0.3) is 11.1 Å². The molecule has 0 aromatic heterocycles. The molecule has 6 nitrogen and oxygen atoms in total. The normalized spacial score (nSPS) is 13.5. The first kappa shape index (κ1) is 21.8. The minimum atomic E-state index is -6.07. The van der Waals surface area contributed by atoms with E-state index in [-0.39, 0.29) is 0 Å². The third kappa shape index (κ3) is 3.61. The molecule has 0 aliphatic rings. The molecule has 0 unspecified atom stereocenters. The number of nitrogen functional groups attached to an aromatic ring is 2. The first-order chi connectivity index (χ1) is 12.5. The molecule has 28 heavy (non-hydrogen) atoms. The van der Waals surface area contributed by atoms with E-state index in [0.29, 0.717) is 24.3 Å². The van der Waals surface area contributed by atoms with E-state index in [1.807, 2.05) is 0 Å². The van der Waals surface area contributed by atoms with Crippen molar-refractivity contribution >= 4 is 31.0 Å². The predicted molar refractivity (Wildman–Crippen MR) is 87.2 cm³/mol. The van der Waals surface area contributed by atoms with Crippen LogP contribution in [-0.4, -0.2) is 27.9 Å². The summed E-state index contributed by atoms with van der Waals surface area (Å²) >= 11 is 0. The Morgan fingerprint density at radius 1 is 0.607 bits per heavy atom. The number of benzene rings is 2. The first-order valence-corrected chi connectivity index (χ1v) is 9.89. The van der Waals surface area contributed by atoms with Crippen LogP contribution in [0.5, 0.6) is 0 Å². The maximum atomic E-state index is 13.0. The van der Waals surface area contributed by atoms with E-state index in [1.165, 1.54) is 0 Å². The van der Waals surface area contributed by atoms with Crippen LogP contribution in [0, 0.1) is 0 Å². The van der Waals surface area contributed by atoms with E-state index in [4.69, 9.17) is 11.5 Å². The molecule has 0 heterocycles. The number of anilines is 2. The summed E-state index contributed by atoms with van der Waals surface area (Å²) < 4.78 is 125. The fourth-order valence-electron chi connectivity index (χ4n) is 2.22. The highest BCUT2D eigenvalue weighted by molar-refractivity contribution is 7.93. The van der Waals surface area contributed by atoms with E-state index in [2.05, 4.69) is 0 Å². The zero-order valence-corrected chi connectivity index (χ0v) is 15.0. The van der Waals surface area contributed by atoms with Gasteiger partial charge in [0.1, 0.15) is 0 Å². The van der Waals surface area contributed by atoms with Crippen LogP contribution in [0.3, 0.4) is 0 Å². The van der Waals surface area contributed by atoms with Gasteiger partial charge in [0.25, 0.3) is 19.7 Å². The maximum Gasteiger partial charge on any atom is 0.501 e. The summed E-state index contributed by atoms with van der Waals surface area (Å²) in [7, 11) is -12.1. The van der Waals surface area contributed by atoms with Crippen LogP contribution in [-0.2, 0) is 19.7 Å². The van der Waals surface area contributed by atoms with Crippen LogP contribution in [0.4, 0.5) is 37.7 Å². The molecule has 0 saturated heterocycles. The predicted octanol–water partition coefficient (Wildman–Crippen LogP) is 3.11. The van der Waals surface area contributed by atoms with Crippen LogP contribution >= 0.6 is 0 Å². The van der Waals surface area contributed by atoms with E-state index in [9.17, 15) is 43.2 Å². The van der Waals surface area contributed by atoms with Gasteiger partial charge in [-0.05, 0) is 24.3 Å². The fourth-order valence-corrected chi connectivity index (χ4v) is 4.23. The summed E-state index contributed by atoms with van der Waals surface area (Å²) in [4.78, 5) is -2.99. The molecule has 2 aromatic carbocycles. The molecule has 0 spiro atoms. The van der Waals surface area contributed by atoms with Gasteiger partial charge in [-0.25, -0.2) is 16.8 Å². The number of nitrogens with two attached hydrogens (primary N) is 2. The van der Waals surface area contributed by atoms with Gasteiger partial charge in [-0.1, -0.05) is 12.1 Å². The zero-order chi connectivity index (χ0) is 21.7. The van der Waals surface area contributed by atoms with Crippen molar-refractivity contribution in [1.29, 1.82) is 0 Å². The number of rotatable bonds is 3. The van der Waals surface area contributed by atoms with Crippen LogP contribution in [0.15, 0.2) is 46.2 Å². The summed E-state index contributed by atoms with van der Waals surface area (Å²) in [5.74, 6) is 0. The highest BCUT2D eigenvalue weighted by atomic mass is 32.2. The molecule has 154 valence electrons. The lowest BCUT2D eigenvalue weighted by atomic mass is 10.0. The third-order valence-corrected chi connectivity index (χ3v) is 6.54. The Morgan fingerprint density at radius 3 is 1.14 bits per heavy atom. The molecule has 0 fully saturated rings. The van der Waals surface area contributed by atoms with Gasteiger partial charge in [-0.15, -0.1) is 0 Å². The monoisotopic (exact) mass is 448 g/mol. The van der Waals surface area contributed by atoms with Gasteiger partial charge in [0.2, 0.25) is 0 Å². The maximum absolute atomic E-state index is 13.0. The Balaban J connectivity index is 2.98. The summed E-state index contributed by atoms with van der Waals surface area (Å²) in [5.41, 5.74) is -3.76. The SMILES string of the molecule is Nc1ccc(-c2ccc(N)cc2S(=O)(=O)C(F)(F)F)c(S(=O)(=O)C(F)(F)F)c1. The molecule has 0 bridgehead atoms. The quantitative estimate of drug-likeness (QED) is 0.550. The Kier molecular flexibility index (Phi) is 5.10. The smallest absolute Gasteiger partial charge is 0.399 e. The van der Waals surface area contributed by atoms with Crippen molar-refractivity contribution in [2.24, 2.45) is 0 Å². The first-order valence-electron chi connectivity index (χ1n) is 6.92. The van der Waals surface area contributed by atoms with E-state index in [0.717, 1.165) is 12.1 Å². The van der Waals surface area contributed by atoms with Crippen molar-refractivity contribution in [2.45, 2.75) is 20.8 Å². The molecule has 0 aliphatic heterocycles. The van der Waals surface area contributed by atoms with Gasteiger partial charge in [0.15, 0.2) is 0 Å². The van der Waals surface area contributed by atoms with Crippen molar-refractivity contribution in [3.05, 3.63) is 36.4 Å². The summed E-state index contributed by atoms with van der Waals surface area (Å²) in [6, 6.07) is 3.91. The Labute approximate surface area is 154 Å². The third-order valence-electron chi connectivity index (χ3n) is 3.49. The largest absolute Gasteiger partial charge is 0.501 e. The Morgan fingerprint density at radius 2 is 0.893 bits per heavy atom. The van der Waals surface area contributed by atoms with E-state index >= 15 is 0 Å². The lowest BCUT2D eigenvalue weighted by Gasteiger charge is -2.17. The van der Waals surface area contributed by atoms with Gasteiger partial charge in [0, 0.05) is 22.5 Å². The number of sulfone groups is 2. The second-order valence-electron chi connectivity index (χ2n) is 5.41. The molecule has 4 N–H and O–H groups in total. The van der Waals surface area contributed by atoms with E-state index < -0.39 is 63.0 Å². The number of hydrogen-bond acceptors (Lipinski definition) is 6. The highest BCUT2D eigenvalue weighted by Gasteiger charge is 2.50. The molecule has 0 amide bonds. The van der Waals surface area contributed by atoms with Crippen molar-refractivity contribution in [3.63, 3.8) is 0 Å².